The summed E-state index contributed by atoms with van der Waals surface area (Å²) in [5, 5.41) is 2.92. The molecule has 0 saturated carbocycles. The number of rotatable bonds is 1. The Morgan fingerprint density at radius 1 is 1.31 bits per heavy atom. The molecule has 0 unspecified atom stereocenters. The highest BCUT2D eigenvalue weighted by atomic mass is 32.1. The minimum Gasteiger partial charge on any atom is -0.435 e. The fourth-order valence-corrected chi connectivity index (χ4v) is 2.13. The van der Waals surface area contributed by atoms with Gasteiger partial charge in [0.15, 0.2) is 5.58 Å². The zero-order valence-electron chi connectivity index (χ0n) is 8.60. The summed E-state index contributed by atoms with van der Waals surface area (Å²) in [6, 6.07) is 5.50. The molecule has 0 bridgehead atoms. The van der Waals surface area contributed by atoms with E-state index in [0.29, 0.717) is 22.7 Å². The van der Waals surface area contributed by atoms with Crippen LogP contribution < -0.4 is 5.73 Å². The Morgan fingerprint density at radius 3 is 2.88 bits per heavy atom. The lowest BCUT2D eigenvalue weighted by atomic mass is 10.3. The molecular formula is C11H9N3OS. The third-order valence-corrected chi connectivity index (χ3v) is 3.06. The molecule has 0 radical (unpaired) electrons. The van der Waals surface area contributed by atoms with Gasteiger partial charge in [-0.1, -0.05) is 6.07 Å². The summed E-state index contributed by atoms with van der Waals surface area (Å²) >= 11 is 1.57. The summed E-state index contributed by atoms with van der Waals surface area (Å²) in [6.45, 7) is 1.95. The monoisotopic (exact) mass is 231 g/mol. The lowest BCUT2D eigenvalue weighted by Crippen LogP contribution is -1.85. The maximum atomic E-state index is 5.81. The minimum absolute atomic E-state index is 0.525. The molecule has 2 heterocycles. The number of aromatic nitrogens is 2. The van der Waals surface area contributed by atoms with Crippen LogP contribution in [0.1, 0.15) is 5.01 Å². The number of nitrogens with zero attached hydrogens (tertiary/aromatic N) is 2. The molecule has 16 heavy (non-hydrogen) atoms. The van der Waals surface area contributed by atoms with Crippen molar-refractivity contribution in [1.29, 1.82) is 0 Å². The number of hydrogen-bond acceptors (Lipinski definition) is 5. The third kappa shape index (κ3) is 1.37. The predicted molar refractivity (Wildman–Crippen MR) is 64.3 cm³/mol. The first-order valence-electron chi connectivity index (χ1n) is 4.81. The lowest BCUT2D eigenvalue weighted by Gasteiger charge is -1.89. The molecule has 0 aliphatic carbocycles. The van der Waals surface area contributed by atoms with Gasteiger partial charge in [-0.05, 0) is 19.1 Å². The molecule has 2 aromatic heterocycles. The Balaban J connectivity index is 2.22. The number of benzene rings is 1. The van der Waals surface area contributed by atoms with Crippen LogP contribution >= 0.6 is 11.3 Å². The van der Waals surface area contributed by atoms with Gasteiger partial charge in [-0.15, -0.1) is 11.3 Å². The molecule has 0 atom stereocenters. The van der Waals surface area contributed by atoms with Crippen molar-refractivity contribution < 1.29 is 4.42 Å². The Hall–Kier alpha value is -1.88. The first-order valence-corrected chi connectivity index (χ1v) is 5.69. The second-order valence-electron chi connectivity index (χ2n) is 3.46. The molecule has 0 aliphatic rings. The van der Waals surface area contributed by atoms with E-state index in [1.807, 2.05) is 24.4 Å². The Kier molecular flexibility index (Phi) is 1.94. The third-order valence-electron chi connectivity index (χ3n) is 2.29. The van der Waals surface area contributed by atoms with Crippen molar-refractivity contribution in [3.63, 3.8) is 0 Å². The van der Waals surface area contributed by atoms with Crippen molar-refractivity contribution in [3.8, 4) is 11.6 Å². The van der Waals surface area contributed by atoms with Crippen molar-refractivity contribution in [2.24, 2.45) is 0 Å². The van der Waals surface area contributed by atoms with Crippen molar-refractivity contribution in [2.45, 2.75) is 6.92 Å². The van der Waals surface area contributed by atoms with Crippen LogP contribution in [0.15, 0.2) is 28.0 Å². The van der Waals surface area contributed by atoms with E-state index >= 15 is 0 Å². The van der Waals surface area contributed by atoms with Gasteiger partial charge in [0.25, 0.3) is 0 Å². The fraction of sp³-hybridized carbons (Fsp3) is 0.0909. The van der Waals surface area contributed by atoms with Gasteiger partial charge in [0.1, 0.15) is 11.2 Å². The highest BCUT2D eigenvalue weighted by Gasteiger charge is 2.11. The molecule has 2 N–H and O–H groups in total. The number of para-hydroxylation sites is 1. The summed E-state index contributed by atoms with van der Waals surface area (Å²) in [7, 11) is 0. The Bertz CT molecular complexity index is 656. The van der Waals surface area contributed by atoms with Crippen molar-refractivity contribution in [1.82, 2.24) is 9.97 Å². The predicted octanol–water partition coefficient (Wildman–Crippen LogP) is 2.84. The molecule has 3 rings (SSSR count). The molecule has 0 amide bonds. The second-order valence-corrected chi connectivity index (χ2v) is 4.53. The van der Waals surface area contributed by atoms with Gasteiger partial charge in [0.05, 0.1) is 10.7 Å². The van der Waals surface area contributed by atoms with Crippen molar-refractivity contribution >= 4 is 28.1 Å². The van der Waals surface area contributed by atoms with E-state index in [4.69, 9.17) is 10.2 Å². The van der Waals surface area contributed by atoms with Gasteiger partial charge in [0, 0.05) is 5.38 Å². The SMILES string of the molecule is Cc1nc(-c2nc3c(N)cccc3o2)cs1. The lowest BCUT2D eigenvalue weighted by molar-refractivity contribution is 0.617. The number of anilines is 1. The van der Waals surface area contributed by atoms with Crippen LogP contribution in [0.2, 0.25) is 0 Å². The van der Waals surface area contributed by atoms with E-state index in [1.54, 1.807) is 17.4 Å². The quantitative estimate of drug-likeness (QED) is 0.654. The highest BCUT2D eigenvalue weighted by Crippen LogP contribution is 2.27. The molecule has 0 saturated heterocycles. The average molecular weight is 231 g/mol. The molecule has 80 valence electrons. The van der Waals surface area contributed by atoms with E-state index in [2.05, 4.69) is 9.97 Å². The summed E-state index contributed by atoms with van der Waals surface area (Å²) in [6.07, 6.45) is 0. The standard InChI is InChI=1S/C11H9N3OS/c1-6-13-8(5-16-6)11-14-10-7(12)3-2-4-9(10)15-11/h2-5H,12H2,1H3. The number of hydrogen-bond donors (Lipinski definition) is 1. The average Bonchev–Trinajstić information content (AvgIpc) is 2.84. The molecule has 1 aromatic carbocycles. The summed E-state index contributed by atoms with van der Waals surface area (Å²) in [4.78, 5) is 8.68. The Morgan fingerprint density at radius 2 is 2.19 bits per heavy atom. The minimum atomic E-state index is 0.525. The second kappa shape index (κ2) is 3.31. The van der Waals surface area contributed by atoms with Crippen LogP contribution in [0.4, 0.5) is 5.69 Å². The van der Waals surface area contributed by atoms with E-state index in [-0.39, 0.29) is 0 Å². The zero-order chi connectivity index (χ0) is 11.1. The fourth-order valence-electron chi connectivity index (χ4n) is 1.54. The number of thiazole rings is 1. The molecule has 4 nitrogen and oxygen atoms in total. The van der Waals surface area contributed by atoms with Crippen LogP contribution in [0.25, 0.3) is 22.7 Å². The first-order chi connectivity index (χ1) is 7.74. The number of fused-ring (bicyclic) bond motifs is 1. The maximum absolute atomic E-state index is 5.81. The van der Waals surface area contributed by atoms with E-state index in [9.17, 15) is 0 Å². The van der Waals surface area contributed by atoms with Crippen molar-refractivity contribution in [3.05, 3.63) is 28.6 Å². The molecule has 3 aromatic rings. The molecule has 5 heteroatoms. The maximum Gasteiger partial charge on any atom is 0.247 e. The van der Waals surface area contributed by atoms with Gasteiger partial charge in [-0.25, -0.2) is 9.97 Å². The van der Waals surface area contributed by atoms with Crippen LogP contribution in [-0.4, -0.2) is 9.97 Å². The van der Waals surface area contributed by atoms with Gasteiger partial charge in [-0.2, -0.15) is 0 Å². The normalized spacial score (nSPS) is 11.1. The Labute approximate surface area is 95.7 Å². The van der Waals surface area contributed by atoms with Crippen LogP contribution in [0, 0.1) is 6.92 Å². The molecule has 0 fully saturated rings. The van der Waals surface area contributed by atoms with E-state index in [1.165, 1.54) is 0 Å². The van der Waals surface area contributed by atoms with Crippen LogP contribution in [-0.2, 0) is 0 Å². The van der Waals surface area contributed by atoms with Gasteiger partial charge >= 0.3 is 0 Å². The van der Waals surface area contributed by atoms with Crippen LogP contribution in [0.5, 0.6) is 0 Å². The number of oxazole rings is 1. The van der Waals surface area contributed by atoms with E-state index in [0.717, 1.165) is 10.7 Å². The number of nitrogens with two attached hydrogens (primary N) is 1. The first kappa shape index (κ1) is 9.35. The molecular weight excluding hydrogens is 222 g/mol. The van der Waals surface area contributed by atoms with E-state index < -0.39 is 0 Å². The topological polar surface area (TPSA) is 64.9 Å². The zero-order valence-corrected chi connectivity index (χ0v) is 9.41. The largest absolute Gasteiger partial charge is 0.435 e. The summed E-state index contributed by atoms with van der Waals surface area (Å²) in [5.74, 6) is 0.525. The molecule has 0 aliphatic heterocycles. The van der Waals surface area contributed by atoms with Gasteiger partial charge < -0.3 is 10.2 Å². The van der Waals surface area contributed by atoms with Gasteiger partial charge in [0.2, 0.25) is 5.89 Å². The number of aryl methyl sites for hydroxylation is 1. The van der Waals surface area contributed by atoms with Gasteiger partial charge in [-0.3, -0.25) is 0 Å². The molecule has 0 spiro atoms. The number of nitrogen functional groups attached to an aromatic ring is 1. The van der Waals surface area contributed by atoms with Crippen molar-refractivity contribution in [2.75, 3.05) is 5.73 Å². The summed E-state index contributed by atoms with van der Waals surface area (Å²) in [5.41, 5.74) is 8.59. The highest BCUT2D eigenvalue weighted by molar-refractivity contribution is 7.09. The van der Waals surface area contributed by atoms with Crippen LogP contribution in [0.3, 0.4) is 0 Å². The smallest absolute Gasteiger partial charge is 0.247 e. The summed E-state index contributed by atoms with van der Waals surface area (Å²) < 4.78 is 5.60.